The van der Waals surface area contributed by atoms with Gasteiger partial charge in [-0.1, -0.05) is 11.8 Å². The first kappa shape index (κ1) is 13.6. The van der Waals surface area contributed by atoms with E-state index in [0.29, 0.717) is 11.0 Å². The maximum absolute atomic E-state index is 11.2. The number of carbonyl (C=O) groups is 1. The minimum absolute atomic E-state index is 0.112. The number of ether oxygens (including phenoxy) is 1. The van der Waals surface area contributed by atoms with Gasteiger partial charge in [0.25, 0.3) is 0 Å². The highest BCUT2D eigenvalue weighted by Crippen LogP contribution is 2.24. The molecule has 0 aliphatic rings. The fraction of sp³-hybridized carbons (Fsp3) is 0.308. The Morgan fingerprint density at radius 1 is 1.37 bits per heavy atom. The van der Waals surface area contributed by atoms with Crippen LogP contribution in [0.4, 0.5) is 0 Å². The van der Waals surface area contributed by atoms with E-state index in [4.69, 9.17) is 4.74 Å². The van der Waals surface area contributed by atoms with Crippen LogP contribution in [-0.4, -0.2) is 33.3 Å². The van der Waals surface area contributed by atoms with Gasteiger partial charge in [-0.15, -0.1) is 5.10 Å². The quantitative estimate of drug-likeness (QED) is 0.851. The summed E-state index contributed by atoms with van der Waals surface area (Å²) >= 11 is 1.35. The van der Waals surface area contributed by atoms with Gasteiger partial charge in [0.1, 0.15) is 11.5 Å². The standard InChI is InChI=1S/C13H15N3O2S/c1-8(17)9(2)19-13-14-12(15-16-13)10-4-6-11(18-3)7-5-10/h4-7,9H,1-3H3,(H,14,15,16). The Kier molecular flexibility index (Phi) is 4.21. The number of thioether (sulfide) groups is 1. The van der Waals surface area contributed by atoms with Crippen LogP contribution in [0.2, 0.25) is 0 Å². The van der Waals surface area contributed by atoms with Crippen molar-refractivity contribution in [1.29, 1.82) is 0 Å². The van der Waals surface area contributed by atoms with E-state index in [2.05, 4.69) is 15.2 Å². The van der Waals surface area contributed by atoms with Gasteiger partial charge in [0.15, 0.2) is 5.82 Å². The number of nitrogens with zero attached hydrogens (tertiary/aromatic N) is 2. The van der Waals surface area contributed by atoms with Crippen molar-refractivity contribution in [3.8, 4) is 17.1 Å². The van der Waals surface area contributed by atoms with E-state index in [1.807, 2.05) is 31.2 Å². The molecule has 2 aromatic rings. The van der Waals surface area contributed by atoms with Crippen LogP contribution in [0.3, 0.4) is 0 Å². The monoisotopic (exact) mass is 277 g/mol. The molecule has 0 saturated heterocycles. The molecular formula is C13H15N3O2S. The molecule has 2 rings (SSSR count). The summed E-state index contributed by atoms with van der Waals surface area (Å²) in [6, 6.07) is 7.54. The molecule has 5 nitrogen and oxygen atoms in total. The molecule has 0 bridgehead atoms. The molecule has 1 aromatic carbocycles. The molecule has 1 heterocycles. The Morgan fingerprint density at radius 3 is 2.63 bits per heavy atom. The lowest BCUT2D eigenvalue weighted by atomic mass is 10.2. The minimum Gasteiger partial charge on any atom is -0.497 e. The second-order valence-electron chi connectivity index (χ2n) is 4.07. The normalized spacial score (nSPS) is 12.2. The minimum atomic E-state index is -0.139. The van der Waals surface area contributed by atoms with Gasteiger partial charge in [-0.05, 0) is 38.1 Å². The number of Topliss-reactive ketones (excluding diaryl/α,β-unsaturated/α-hetero) is 1. The van der Waals surface area contributed by atoms with Crippen molar-refractivity contribution in [2.24, 2.45) is 0 Å². The number of aromatic amines is 1. The van der Waals surface area contributed by atoms with Crippen LogP contribution in [-0.2, 0) is 4.79 Å². The zero-order valence-electron chi connectivity index (χ0n) is 11.0. The topological polar surface area (TPSA) is 67.9 Å². The SMILES string of the molecule is COc1ccc(-c2nc(SC(C)C(C)=O)n[nH]2)cc1. The van der Waals surface area contributed by atoms with Crippen molar-refractivity contribution in [3.63, 3.8) is 0 Å². The van der Waals surface area contributed by atoms with Gasteiger partial charge in [-0.25, -0.2) is 4.98 Å². The molecule has 0 fully saturated rings. The third-order valence-corrected chi connectivity index (χ3v) is 3.76. The number of ketones is 1. The summed E-state index contributed by atoms with van der Waals surface area (Å²) in [7, 11) is 1.63. The zero-order valence-corrected chi connectivity index (χ0v) is 11.8. The lowest BCUT2D eigenvalue weighted by Gasteiger charge is -2.02. The molecule has 19 heavy (non-hydrogen) atoms. The molecule has 1 aromatic heterocycles. The highest BCUT2D eigenvalue weighted by Gasteiger charge is 2.13. The zero-order chi connectivity index (χ0) is 13.8. The number of hydrogen-bond donors (Lipinski definition) is 1. The third-order valence-electron chi connectivity index (χ3n) is 2.68. The Morgan fingerprint density at radius 2 is 2.05 bits per heavy atom. The summed E-state index contributed by atoms with van der Waals surface area (Å²) < 4.78 is 5.10. The number of hydrogen-bond acceptors (Lipinski definition) is 5. The number of H-pyrrole nitrogens is 1. The van der Waals surface area contributed by atoms with Crippen molar-refractivity contribution < 1.29 is 9.53 Å². The van der Waals surface area contributed by atoms with Crippen molar-refractivity contribution in [2.45, 2.75) is 24.3 Å². The molecule has 6 heteroatoms. The number of aromatic nitrogens is 3. The highest BCUT2D eigenvalue weighted by atomic mass is 32.2. The molecule has 1 N–H and O–H groups in total. The van der Waals surface area contributed by atoms with Gasteiger partial charge in [0.2, 0.25) is 5.16 Å². The van der Waals surface area contributed by atoms with Crippen LogP contribution in [0.1, 0.15) is 13.8 Å². The van der Waals surface area contributed by atoms with Gasteiger partial charge < -0.3 is 4.74 Å². The first-order valence-corrected chi connectivity index (χ1v) is 6.72. The van der Waals surface area contributed by atoms with Crippen molar-refractivity contribution in [1.82, 2.24) is 15.2 Å². The van der Waals surface area contributed by atoms with Gasteiger partial charge in [-0.3, -0.25) is 9.89 Å². The summed E-state index contributed by atoms with van der Waals surface area (Å²) in [6.07, 6.45) is 0. The Labute approximate surface area is 115 Å². The summed E-state index contributed by atoms with van der Waals surface area (Å²) in [5.41, 5.74) is 0.927. The molecule has 0 aliphatic heterocycles. The highest BCUT2D eigenvalue weighted by molar-refractivity contribution is 8.00. The summed E-state index contributed by atoms with van der Waals surface area (Å²) in [4.78, 5) is 15.6. The van der Waals surface area contributed by atoms with Gasteiger partial charge in [-0.2, -0.15) is 0 Å². The molecule has 0 aliphatic carbocycles. The van der Waals surface area contributed by atoms with Gasteiger partial charge in [0, 0.05) is 5.56 Å². The molecule has 100 valence electrons. The van der Waals surface area contributed by atoms with Crippen LogP contribution < -0.4 is 4.74 Å². The maximum atomic E-state index is 11.2. The second-order valence-corrected chi connectivity index (χ2v) is 5.37. The van der Waals surface area contributed by atoms with Crippen LogP contribution in [0.25, 0.3) is 11.4 Å². The van der Waals surface area contributed by atoms with Crippen molar-refractivity contribution in [2.75, 3.05) is 7.11 Å². The fourth-order valence-corrected chi connectivity index (χ4v) is 2.14. The molecule has 0 amide bonds. The fourth-order valence-electron chi connectivity index (χ4n) is 1.42. The molecule has 1 unspecified atom stereocenters. The first-order valence-electron chi connectivity index (χ1n) is 5.84. The van der Waals surface area contributed by atoms with E-state index in [9.17, 15) is 4.79 Å². The number of benzene rings is 1. The van der Waals surface area contributed by atoms with Crippen LogP contribution in [0, 0.1) is 0 Å². The van der Waals surface area contributed by atoms with Crippen molar-refractivity contribution in [3.05, 3.63) is 24.3 Å². The Hall–Kier alpha value is -1.82. The Bertz CT molecular complexity index is 566. The van der Waals surface area contributed by atoms with E-state index < -0.39 is 0 Å². The predicted octanol–water partition coefficient (Wildman–Crippen LogP) is 2.55. The molecular weight excluding hydrogens is 262 g/mol. The largest absolute Gasteiger partial charge is 0.497 e. The van der Waals surface area contributed by atoms with Crippen molar-refractivity contribution >= 4 is 17.5 Å². The van der Waals surface area contributed by atoms with Gasteiger partial charge in [0.05, 0.1) is 12.4 Å². The second kappa shape index (κ2) is 5.88. The van der Waals surface area contributed by atoms with Crippen LogP contribution in [0.15, 0.2) is 29.4 Å². The number of carbonyl (C=O) groups excluding carboxylic acids is 1. The molecule has 0 saturated carbocycles. The molecule has 1 atom stereocenters. The lowest BCUT2D eigenvalue weighted by Crippen LogP contribution is -2.08. The number of methoxy groups -OCH3 is 1. The molecule has 0 radical (unpaired) electrons. The average Bonchev–Trinajstić information content (AvgIpc) is 2.87. The van der Waals surface area contributed by atoms with Crippen LogP contribution in [0.5, 0.6) is 5.75 Å². The summed E-state index contributed by atoms with van der Waals surface area (Å²) in [6.45, 7) is 3.41. The van der Waals surface area contributed by atoms with E-state index >= 15 is 0 Å². The third kappa shape index (κ3) is 3.35. The lowest BCUT2D eigenvalue weighted by molar-refractivity contribution is -0.116. The van der Waals surface area contributed by atoms with E-state index in [1.165, 1.54) is 11.8 Å². The van der Waals surface area contributed by atoms with E-state index in [1.54, 1.807) is 14.0 Å². The first-order chi connectivity index (χ1) is 9.10. The number of nitrogens with one attached hydrogen (secondary N) is 1. The van der Waals surface area contributed by atoms with E-state index in [0.717, 1.165) is 11.3 Å². The maximum Gasteiger partial charge on any atom is 0.209 e. The molecule has 0 spiro atoms. The average molecular weight is 277 g/mol. The summed E-state index contributed by atoms with van der Waals surface area (Å²) in [5, 5.41) is 7.41. The Balaban J connectivity index is 2.13. The number of rotatable bonds is 5. The smallest absolute Gasteiger partial charge is 0.209 e. The van der Waals surface area contributed by atoms with Gasteiger partial charge >= 0.3 is 0 Å². The summed E-state index contributed by atoms with van der Waals surface area (Å²) in [5.74, 6) is 1.59. The van der Waals surface area contributed by atoms with E-state index in [-0.39, 0.29) is 11.0 Å². The predicted molar refractivity (Wildman–Crippen MR) is 74.4 cm³/mol. The van der Waals surface area contributed by atoms with Crippen LogP contribution >= 0.6 is 11.8 Å².